The van der Waals surface area contributed by atoms with Crippen LogP contribution in [0.3, 0.4) is 0 Å². The largest absolute Gasteiger partial charge is 0.496 e. The summed E-state index contributed by atoms with van der Waals surface area (Å²) < 4.78 is 5.52. The van der Waals surface area contributed by atoms with Crippen LogP contribution in [-0.4, -0.2) is 31.3 Å². The summed E-state index contributed by atoms with van der Waals surface area (Å²) in [5, 5.41) is 0.117. The molecule has 1 aliphatic rings. The van der Waals surface area contributed by atoms with Crippen molar-refractivity contribution in [2.45, 2.75) is 13.8 Å². The van der Waals surface area contributed by atoms with E-state index in [0.29, 0.717) is 21.4 Å². The number of hydrogen-bond donors (Lipinski definition) is 0. The summed E-state index contributed by atoms with van der Waals surface area (Å²) in [7, 11) is 1.59. The lowest BCUT2D eigenvalue weighted by atomic mass is 10.1. The molecule has 5 nitrogen and oxygen atoms in total. The van der Waals surface area contributed by atoms with E-state index in [0.717, 1.165) is 41.0 Å². The molecule has 0 atom stereocenters. The number of thioether (sulfide) groups is 1. The minimum Gasteiger partial charge on any atom is -0.496 e. The number of methoxy groups -OCH3 is 1. The van der Waals surface area contributed by atoms with E-state index in [4.69, 9.17) is 16.3 Å². The summed E-state index contributed by atoms with van der Waals surface area (Å²) in [5.41, 5.74) is 2.25. The van der Waals surface area contributed by atoms with Gasteiger partial charge in [-0.15, -0.1) is 0 Å². The van der Waals surface area contributed by atoms with Crippen molar-refractivity contribution in [2.75, 3.05) is 30.0 Å². The van der Waals surface area contributed by atoms with Gasteiger partial charge in [0.05, 0.1) is 17.7 Å². The second-order valence-corrected chi connectivity index (χ2v) is 7.53. The van der Waals surface area contributed by atoms with Crippen molar-refractivity contribution in [3.63, 3.8) is 0 Å². The molecule has 0 spiro atoms. The Morgan fingerprint density at radius 2 is 1.89 bits per heavy atom. The van der Waals surface area contributed by atoms with Crippen molar-refractivity contribution >= 4 is 52.0 Å². The fraction of sp³-hybridized carbons (Fsp3) is 0.238. The standard InChI is InChI=1S/C21H21ClN2O3S/c1-4-23(5-2)16-10-9-14(18(13-16)27-3)11-19-20(25)24(21(26)28-19)17-8-6-7-15(22)12-17/h6-13H,4-5H2,1-3H3. The number of ether oxygens (including phenoxy) is 1. The molecule has 2 aromatic carbocycles. The molecule has 3 rings (SSSR count). The van der Waals surface area contributed by atoms with Gasteiger partial charge in [0.2, 0.25) is 0 Å². The molecule has 7 heteroatoms. The second kappa shape index (κ2) is 8.71. The van der Waals surface area contributed by atoms with Crippen molar-refractivity contribution in [3.8, 4) is 5.75 Å². The van der Waals surface area contributed by atoms with Crippen molar-refractivity contribution in [1.29, 1.82) is 0 Å². The Bertz CT molecular complexity index is 941. The molecule has 1 saturated heterocycles. The van der Waals surface area contributed by atoms with Crippen LogP contribution in [0.1, 0.15) is 19.4 Å². The zero-order valence-corrected chi connectivity index (χ0v) is 17.5. The minimum atomic E-state index is -0.368. The van der Waals surface area contributed by atoms with Gasteiger partial charge in [-0.25, -0.2) is 4.90 Å². The molecule has 0 saturated carbocycles. The third-order valence-corrected chi connectivity index (χ3v) is 5.60. The minimum absolute atomic E-state index is 0.346. The third kappa shape index (κ3) is 4.03. The maximum atomic E-state index is 12.8. The molecule has 146 valence electrons. The van der Waals surface area contributed by atoms with E-state index in [-0.39, 0.29) is 11.1 Å². The fourth-order valence-electron chi connectivity index (χ4n) is 3.05. The van der Waals surface area contributed by atoms with Crippen LogP contribution in [0.15, 0.2) is 47.4 Å². The number of amides is 2. The Morgan fingerprint density at radius 3 is 2.54 bits per heavy atom. The molecular formula is C21H21ClN2O3S. The molecule has 1 heterocycles. The highest BCUT2D eigenvalue weighted by Gasteiger charge is 2.36. The molecule has 0 unspecified atom stereocenters. The number of imide groups is 1. The summed E-state index contributed by atoms with van der Waals surface area (Å²) in [6.45, 7) is 5.96. The number of carbonyl (C=O) groups is 2. The number of halogens is 1. The highest BCUT2D eigenvalue weighted by atomic mass is 35.5. The normalized spacial score (nSPS) is 15.4. The zero-order chi connectivity index (χ0) is 20.3. The Kier molecular flexibility index (Phi) is 6.31. The van der Waals surface area contributed by atoms with Gasteiger partial charge >= 0.3 is 0 Å². The topological polar surface area (TPSA) is 49.9 Å². The van der Waals surface area contributed by atoms with Gasteiger partial charge in [-0.3, -0.25) is 9.59 Å². The zero-order valence-electron chi connectivity index (χ0n) is 15.9. The highest BCUT2D eigenvalue weighted by molar-refractivity contribution is 8.19. The van der Waals surface area contributed by atoms with E-state index in [2.05, 4.69) is 18.7 Å². The van der Waals surface area contributed by atoms with Gasteiger partial charge in [0.15, 0.2) is 0 Å². The van der Waals surface area contributed by atoms with E-state index >= 15 is 0 Å². The fourth-order valence-corrected chi connectivity index (χ4v) is 4.07. The van der Waals surface area contributed by atoms with Gasteiger partial charge < -0.3 is 9.64 Å². The highest BCUT2D eigenvalue weighted by Crippen LogP contribution is 2.38. The molecule has 28 heavy (non-hydrogen) atoms. The van der Waals surface area contributed by atoms with Gasteiger partial charge in [-0.2, -0.15) is 0 Å². The lowest BCUT2D eigenvalue weighted by molar-refractivity contribution is -0.113. The molecule has 0 bridgehead atoms. The monoisotopic (exact) mass is 416 g/mol. The molecule has 0 aromatic heterocycles. The second-order valence-electron chi connectivity index (χ2n) is 6.10. The Labute approximate surface area is 173 Å². The van der Waals surface area contributed by atoms with Crippen LogP contribution in [0.25, 0.3) is 6.08 Å². The van der Waals surface area contributed by atoms with Crippen LogP contribution in [0, 0.1) is 0 Å². The molecule has 0 radical (unpaired) electrons. The van der Waals surface area contributed by atoms with Crippen molar-refractivity contribution in [2.24, 2.45) is 0 Å². The maximum Gasteiger partial charge on any atom is 0.298 e. The van der Waals surface area contributed by atoms with E-state index in [1.54, 1.807) is 37.5 Å². The Hall–Kier alpha value is -2.44. The molecule has 0 aliphatic carbocycles. The first kappa shape index (κ1) is 20.3. The molecule has 1 aliphatic heterocycles. The van der Waals surface area contributed by atoms with E-state index in [1.165, 1.54) is 0 Å². The van der Waals surface area contributed by atoms with Crippen molar-refractivity contribution < 1.29 is 14.3 Å². The van der Waals surface area contributed by atoms with Gasteiger partial charge in [-0.05, 0) is 62.0 Å². The number of carbonyl (C=O) groups excluding carboxylic acids is 2. The number of benzene rings is 2. The first-order valence-electron chi connectivity index (χ1n) is 8.95. The molecule has 0 N–H and O–H groups in total. The number of anilines is 2. The van der Waals surface area contributed by atoms with Crippen LogP contribution < -0.4 is 14.5 Å². The van der Waals surface area contributed by atoms with Gasteiger partial charge in [-0.1, -0.05) is 17.7 Å². The molecule has 2 amide bonds. The van der Waals surface area contributed by atoms with Crippen LogP contribution >= 0.6 is 23.4 Å². The predicted molar refractivity (Wildman–Crippen MR) is 116 cm³/mol. The summed E-state index contributed by atoms with van der Waals surface area (Å²) in [4.78, 5) is 28.9. The van der Waals surface area contributed by atoms with Crippen LogP contribution in [0.5, 0.6) is 5.75 Å². The predicted octanol–water partition coefficient (Wildman–Crippen LogP) is 5.44. The Morgan fingerprint density at radius 1 is 1.14 bits per heavy atom. The lowest BCUT2D eigenvalue weighted by Crippen LogP contribution is -2.27. The molecular weight excluding hydrogens is 396 g/mol. The van der Waals surface area contributed by atoms with Crippen molar-refractivity contribution in [1.82, 2.24) is 0 Å². The summed E-state index contributed by atoms with van der Waals surface area (Å²) in [6, 6.07) is 12.5. The maximum absolute atomic E-state index is 12.8. The van der Waals surface area contributed by atoms with Crippen LogP contribution in [0.4, 0.5) is 16.2 Å². The molecule has 2 aromatic rings. The van der Waals surface area contributed by atoms with E-state index < -0.39 is 0 Å². The average Bonchev–Trinajstić information content (AvgIpc) is 2.97. The van der Waals surface area contributed by atoms with Crippen LogP contribution in [0.2, 0.25) is 5.02 Å². The van der Waals surface area contributed by atoms with Gasteiger partial charge in [0, 0.05) is 35.4 Å². The third-order valence-electron chi connectivity index (χ3n) is 4.49. The number of nitrogens with zero attached hydrogens (tertiary/aromatic N) is 2. The van der Waals surface area contributed by atoms with Gasteiger partial charge in [0.1, 0.15) is 5.75 Å². The molecule has 1 fully saturated rings. The summed E-state index contributed by atoms with van der Waals surface area (Å²) >= 11 is 6.90. The van der Waals surface area contributed by atoms with E-state index in [9.17, 15) is 9.59 Å². The lowest BCUT2D eigenvalue weighted by Gasteiger charge is -2.22. The number of rotatable bonds is 6. The quantitative estimate of drug-likeness (QED) is 0.587. The summed E-state index contributed by atoms with van der Waals surface area (Å²) in [5.74, 6) is 0.283. The van der Waals surface area contributed by atoms with Crippen LogP contribution in [-0.2, 0) is 4.79 Å². The smallest absolute Gasteiger partial charge is 0.298 e. The first-order valence-corrected chi connectivity index (χ1v) is 10.1. The first-order chi connectivity index (χ1) is 13.5. The summed E-state index contributed by atoms with van der Waals surface area (Å²) in [6.07, 6.45) is 1.69. The van der Waals surface area contributed by atoms with Gasteiger partial charge in [0.25, 0.3) is 11.1 Å². The number of hydrogen-bond acceptors (Lipinski definition) is 5. The average molecular weight is 417 g/mol. The Balaban J connectivity index is 1.93. The van der Waals surface area contributed by atoms with E-state index in [1.807, 2.05) is 18.2 Å². The van der Waals surface area contributed by atoms with Crippen molar-refractivity contribution in [3.05, 3.63) is 58.0 Å². The SMILES string of the molecule is CCN(CC)c1ccc(C=C2SC(=O)N(c3cccc(Cl)c3)C2=O)c(OC)c1.